The Morgan fingerprint density at radius 1 is 1.38 bits per heavy atom. The first kappa shape index (κ1) is 11.0. The first-order valence-electron chi connectivity index (χ1n) is 4.22. The second kappa shape index (κ2) is 4.15. The van der Waals surface area contributed by atoms with Gasteiger partial charge in [0.05, 0.1) is 5.02 Å². The third-order valence-electron chi connectivity index (χ3n) is 1.94. The van der Waals surface area contributed by atoms with Gasteiger partial charge in [0.15, 0.2) is 17.8 Å². The fourth-order valence-corrected chi connectivity index (χ4v) is 1.64. The van der Waals surface area contributed by atoms with E-state index >= 15 is 0 Å². The van der Waals surface area contributed by atoms with Crippen molar-refractivity contribution in [3.8, 4) is 11.3 Å². The molecule has 0 aliphatic heterocycles. The van der Waals surface area contributed by atoms with Gasteiger partial charge in [-0.25, -0.2) is 9.78 Å². The van der Waals surface area contributed by atoms with Crippen molar-refractivity contribution in [2.75, 3.05) is 0 Å². The van der Waals surface area contributed by atoms with Crippen molar-refractivity contribution in [1.29, 1.82) is 0 Å². The molecule has 6 heteroatoms. The smallest absolute Gasteiger partial charge is 0.358 e. The lowest BCUT2D eigenvalue weighted by atomic mass is 10.1. The summed E-state index contributed by atoms with van der Waals surface area (Å²) in [7, 11) is 0. The maximum Gasteiger partial charge on any atom is 0.358 e. The van der Waals surface area contributed by atoms with Crippen molar-refractivity contribution in [3.63, 3.8) is 0 Å². The van der Waals surface area contributed by atoms with Gasteiger partial charge < -0.3 is 9.52 Å². The van der Waals surface area contributed by atoms with Crippen LogP contribution >= 0.6 is 23.2 Å². The number of oxazole rings is 1. The molecule has 16 heavy (non-hydrogen) atoms. The topological polar surface area (TPSA) is 63.3 Å². The van der Waals surface area contributed by atoms with E-state index in [0.29, 0.717) is 15.6 Å². The molecule has 1 N–H and O–H groups in total. The molecule has 82 valence electrons. The minimum absolute atomic E-state index is 0.0972. The van der Waals surface area contributed by atoms with E-state index in [0.717, 1.165) is 6.39 Å². The van der Waals surface area contributed by atoms with Gasteiger partial charge in [-0.3, -0.25) is 0 Å². The molecule has 0 spiro atoms. The molecule has 1 heterocycles. The van der Waals surface area contributed by atoms with E-state index in [2.05, 4.69) is 4.98 Å². The standard InChI is InChI=1S/C10H5Cl2NO3/c11-5-1-2-7(12)6(3-5)9-8(10(14)15)13-4-16-9/h1-4H,(H,14,15). The lowest BCUT2D eigenvalue weighted by Crippen LogP contribution is -1.98. The summed E-state index contributed by atoms with van der Waals surface area (Å²) >= 11 is 11.7. The Kier molecular flexibility index (Phi) is 2.85. The SMILES string of the molecule is O=C(O)c1ncoc1-c1cc(Cl)ccc1Cl. The third-order valence-corrected chi connectivity index (χ3v) is 2.51. The number of rotatable bonds is 2. The molecule has 0 unspecified atom stereocenters. The quantitative estimate of drug-likeness (QED) is 0.897. The monoisotopic (exact) mass is 257 g/mol. The Morgan fingerprint density at radius 3 is 2.81 bits per heavy atom. The minimum atomic E-state index is -1.18. The molecule has 2 rings (SSSR count). The molecular weight excluding hydrogens is 253 g/mol. The Bertz CT molecular complexity index is 551. The van der Waals surface area contributed by atoms with Crippen LogP contribution in [0.3, 0.4) is 0 Å². The van der Waals surface area contributed by atoms with Gasteiger partial charge in [-0.2, -0.15) is 0 Å². The van der Waals surface area contributed by atoms with Crippen LogP contribution in [0.25, 0.3) is 11.3 Å². The predicted octanol–water partition coefficient (Wildman–Crippen LogP) is 3.35. The minimum Gasteiger partial charge on any atom is -0.476 e. The molecule has 1 aromatic heterocycles. The second-order valence-corrected chi connectivity index (χ2v) is 3.80. The summed E-state index contributed by atoms with van der Waals surface area (Å²) in [6, 6.07) is 4.69. The van der Waals surface area contributed by atoms with Crippen LogP contribution < -0.4 is 0 Å². The molecule has 0 amide bonds. The number of carboxylic acids is 1. The van der Waals surface area contributed by atoms with Gasteiger partial charge in [0.2, 0.25) is 0 Å². The van der Waals surface area contributed by atoms with Crippen molar-refractivity contribution in [2.45, 2.75) is 0 Å². The fraction of sp³-hybridized carbons (Fsp3) is 0. The number of aromatic nitrogens is 1. The number of nitrogens with zero attached hydrogens (tertiary/aromatic N) is 1. The molecule has 4 nitrogen and oxygen atoms in total. The molecule has 0 saturated heterocycles. The average Bonchev–Trinajstić information content (AvgIpc) is 2.70. The first-order chi connectivity index (χ1) is 7.59. The highest BCUT2D eigenvalue weighted by molar-refractivity contribution is 6.35. The summed E-state index contributed by atoms with van der Waals surface area (Å²) in [5, 5.41) is 9.67. The molecule has 1 aromatic carbocycles. The van der Waals surface area contributed by atoms with Crippen molar-refractivity contribution in [2.24, 2.45) is 0 Å². The van der Waals surface area contributed by atoms with Gasteiger partial charge in [0, 0.05) is 10.6 Å². The summed E-state index contributed by atoms with van der Waals surface area (Å²) < 4.78 is 5.01. The van der Waals surface area contributed by atoms with Gasteiger partial charge in [0.25, 0.3) is 0 Å². The van der Waals surface area contributed by atoms with Gasteiger partial charge in [-0.05, 0) is 18.2 Å². The summed E-state index contributed by atoms with van der Waals surface area (Å²) in [5.74, 6) is -1.08. The number of carbonyl (C=O) groups is 1. The number of carboxylic acid groups (broad SMARTS) is 1. The maximum absolute atomic E-state index is 10.9. The van der Waals surface area contributed by atoms with Crippen molar-refractivity contribution >= 4 is 29.2 Å². The highest BCUT2D eigenvalue weighted by atomic mass is 35.5. The number of hydrogen-bond acceptors (Lipinski definition) is 3. The van der Waals surface area contributed by atoms with Crippen molar-refractivity contribution in [3.05, 3.63) is 40.3 Å². The summed E-state index contributed by atoms with van der Waals surface area (Å²) in [6.45, 7) is 0. The van der Waals surface area contributed by atoms with Gasteiger partial charge in [-0.1, -0.05) is 23.2 Å². The summed E-state index contributed by atoms with van der Waals surface area (Å²) in [4.78, 5) is 14.4. The molecule has 0 bridgehead atoms. The first-order valence-corrected chi connectivity index (χ1v) is 4.97. The van der Waals surface area contributed by atoms with Gasteiger partial charge in [0.1, 0.15) is 0 Å². The third kappa shape index (κ3) is 1.89. The normalized spacial score (nSPS) is 10.4. The lowest BCUT2D eigenvalue weighted by Gasteiger charge is -2.01. The van der Waals surface area contributed by atoms with E-state index in [-0.39, 0.29) is 11.5 Å². The Labute approximate surface area is 100 Å². The molecule has 2 aromatic rings. The Balaban J connectivity index is 2.62. The highest BCUT2D eigenvalue weighted by Crippen LogP contribution is 2.32. The number of halogens is 2. The number of aromatic carboxylic acids is 1. The molecular formula is C10H5Cl2NO3. The van der Waals surface area contributed by atoms with E-state index in [1.165, 1.54) is 6.07 Å². The predicted molar refractivity (Wildman–Crippen MR) is 58.9 cm³/mol. The van der Waals surface area contributed by atoms with Gasteiger partial charge in [-0.15, -0.1) is 0 Å². The van der Waals surface area contributed by atoms with E-state index in [9.17, 15) is 4.79 Å². The molecule has 0 atom stereocenters. The van der Waals surface area contributed by atoms with Crippen LogP contribution in [0.1, 0.15) is 10.5 Å². The molecule has 0 fully saturated rings. The largest absolute Gasteiger partial charge is 0.476 e. The second-order valence-electron chi connectivity index (χ2n) is 2.96. The number of benzene rings is 1. The summed E-state index contributed by atoms with van der Waals surface area (Å²) in [5.41, 5.74) is 0.216. The maximum atomic E-state index is 10.9. The average molecular weight is 258 g/mol. The molecule has 0 aliphatic rings. The zero-order chi connectivity index (χ0) is 11.7. The van der Waals surface area contributed by atoms with E-state index in [1.54, 1.807) is 12.1 Å². The van der Waals surface area contributed by atoms with E-state index in [1.807, 2.05) is 0 Å². The van der Waals surface area contributed by atoms with E-state index < -0.39 is 5.97 Å². The molecule has 0 radical (unpaired) electrons. The van der Waals surface area contributed by atoms with Crippen LogP contribution in [0.5, 0.6) is 0 Å². The van der Waals surface area contributed by atoms with Gasteiger partial charge >= 0.3 is 5.97 Å². The van der Waals surface area contributed by atoms with Crippen LogP contribution in [-0.2, 0) is 0 Å². The highest BCUT2D eigenvalue weighted by Gasteiger charge is 2.19. The van der Waals surface area contributed by atoms with Crippen LogP contribution in [0.4, 0.5) is 0 Å². The molecule has 0 aliphatic carbocycles. The summed E-state index contributed by atoms with van der Waals surface area (Å²) in [6.07, 6.45) is 1.05. The number of hydrogen-bond donors (Lipinski definition) is 1. The lowest BCUT2D eigenvalue weighted by molar-refractivity contribution is 0.0691. The van der Waals surface area contributed by atoms with E-state index in [4.69, 9.17) is 32.7 Å². The molecule has 0 saturated carbocycles. The van der Waals surface area contributed by atoms with Crippen LogP contribution in [0.15, 0.2) is 29.0 Å². The zero-order valence-corrected chi connectivity index (χ0v) is 9.29. The van der Waals surface area contributed by atoms with Crippen molar-refractivity contribution < 1.29 is 14.3 Å². The zero-order valence-electron chi connectivity index (χ0n) is 7.78. The van der Waals surface area contributed by atoms with Crippen LogP contribution in [0, 0.1) is 0 Å². The Hall–Kier alpha value is -1.52. The fourth-order valence-electron chi connectivity index (χ4n) is 1.26. The Morgan fingerprint density at radius 2 is 2.12 bits per heavy atom. The van der Waals surface area contributed by atoms with Crippen LogP contribution in [-0.4, -0.2) is 16.1 Å². The van der Waals surface area contributed by atoms with Crippen molar-refractivity contribution in [1.82, 2.24) is 4.98 Å². The van der Waals surface area contributed by atoms with Crippen LogP contribution in [0.2, 0.25) is 10.0 Å².